The van der Waals surface area contributed by atoms with Crippen LogP contribution in [0.5, 0.6) is 0 Å². The normalized spacial score (nSPS) is 13.4. The number of anilines is 3. The van der Waals surface area contributed by atoms with E-state index in [1.807, 2.05) is 71.0 Å². The second-order valence-corrected chi connectivity index (χ2v) is 18.1. The van der Waals surface area contributed by atoms with E-state index in [9.17, 15) is 24.0 Å². The number of hydrogen-bond donors (Lipinski definition) is 7. The van der Waals surface area contributed by atoms with Gasteiger partial charge in [0.15, 0.2) is 6.23 Å². The van der Waals surface area contributed by atoms with E-state index in [4.69, 9.17) is 40.0 Å². The molecule has 3 aromatic rings. The van der Waals surface area contributed by atoms with Gasteiger partial charge in [-0.05, 0) is 134 Å². The average molecular weight is 966 g/mol. The van der Waals surface area contributed by atoms with E-state index in [2.05, 4.69) is 16.0 Å². The number of carbonyl (C=O) groups excluding carboxylic acids is 4. The third-order valence-electron chi connectivity index (χ3n) is 9.59. The van der Waals surface area contributed by atoms with Gasteiger partial charge in [0.05, 0.1) is 31.4 Å². The zero-order chi connectivity index (χ0) is 52.0. The minimum absolute atomic E-state index is 0.0119. The van der Waals surface area contributed by atoms with E-state index < -0.39 is 35.6 Å². The van der Waals surface area contributed by atoms with Gasteiger partial charge in [-0.15, -0.1) is 0 Å². The predicted molar refractivity (Wildman–Crippen MR) is 270 cm³/mol. The van der Waals surface area contributed by atoms with Crippen molar-refractivity contribution in [3.05, 3.63) is 95.6 Å². The molecule has 17 heteroatoms. The van der Waals surface area contributed by atoms with E-state index in [1.54, 1.807) is 88.0 Å². The Labute approximate surface area is 409 Å². The van der Waals surface area contributed by atoms with Crippen LogP contribution in [0.25, 0.3) is 6.08 Å². The number of aliphatic hydroxyl groups is 2. The summed E-state index contributed by atoms with van der Waals surface area (Å²) in [5.41, 5.74) is 9.38. The molecule has 4 rings (SSSR count). The van der Waals surface area contributed by atoms with E-state index in [-0.39, 0.29) is 37.0 Å². The number of nitrogen functional groups attached to an aromatic ring is 1. The monoisotopic (exact) mass is 966 g/mol. The highest BCUT2D eigenvalue weighted by atomic mass is 16.6. The van der Waals surface area contributed by atoms with E-state index >= 15 is 0 Å². The smallest absolute Gasteiger partial charge is 0.416 e. The summed E-state index contributed by atoms with van der Waals surface area (Å²) < 4.78 is 20.9. The van der Waals surface area contributed by atoms with Crippen molar-refractivity contribution in [1.29, 1.82) is 0 Å². The fourth-order valence-electron chi connectivity index (χ4n) is 5.95. The number of carboxylic acids is 1. The van der Waals surface area contributed by atoms with Crippen LogP contribution in [-0.2, 0) is 41.8 Å². The molecule has 0 spiro atoms. The van der Waals surface area contributed by atoms with Gasteiger partial charge in [-0.3, -0.25) is 9.59 Å². The molecular formula is C52H79N5O12. The summed E-state index contributed by atoms with van der Waals surface area (Å²) in [5.74, 6) is -1.24. The Bertz CT molecular complexity index is 2000. The van der Waals surface area contributed by atoms with Gasteiger partial charge < -0.3 is 56.0 Å². The lowest BCUT2D eigenvalue weighted by molar-refractivity contribution is -0.141. The Balaban J connectivity index is 0.000000482. The topological polar surface area (TPSA) is 248 Å². The van der Waals surface area contributed by atoms with Crippen molar-refractivity contribution in [3.63, 3.8) is 0 Å². The number of hydrogen-bond acceptors (Lipinski definition) is 12. The molecule has 0 bridgehead atoms. The minimum Gasteiger partial charge on any atom is -0.481 e. The maximum Gasteiger partial charge on any atom is 0.416 e. The number of carboxylic acid groups (broad SMARTS) is 1. The molecule has 3 atom stereocenters. The van der Waals surface area contributed by atoms with Crippen LogP contribution in [0.4, 0.5) is 31.4 Å². The highest BCUT2D eigenvalue weighted by Crippen LogP contribution is 2.30. The van der Waals surface area contributed by atoms with Crippen LogP contribution in [0.2, 0.25) is 0 Å². The number of ether oxygens (including phenoxy) is 4. The number of aliphatic hydroxyl groups excluding tert-OH is 2. The van der Waals surface area contributed by atoms with Crippen LogP contribution in [-0.4, -0.2) is 89.2 Å². The molecule has 0 saturated carbocycles. The summed E-state index contributed by atoms with van der Waals surface area (Å²) in [4.78, 5) is 59.0. The third-order valence-corrected chi connectivity index (χ3v) is 9.59. The molecule has 1 aliphatic heterocycles. The van der Waals surface area contributed by atoms with Crippen molar-refractivity contribution >= 4 is 53.3 Å². The van der Waals surface area contributed by atoms with Crippen LogP contribution in [0, 0.1) is 11.8 Å². The molecule has 8 N–H and O–H groups in total. The lowest BCUT2D eigenvalue weighted by atomic mass is 10.0. The summed E-state index contributed by atoms with van der Waals surface area (Å²) in [7, 11) is 0. The van der Waals surface area contributed by atoms with Crippen molar-refractivity contribution in [2.75, 3.05) is 42.3 Å². The maximum absolute atomic E-state index is 12.1. The first-order chi connectivity index (χ1) is 32.5. The second kappa shape index (κ2) is 32.6. The Morgan fingerprint density at radius 3 is 1.65 bits per heavy atom. The van der Waals surface area contributed by atoms with Gasteiger partial charge in [0.2, 0.25) is 5.91 Å². The molecule has 1 heterocycles. The summed E-state index contributed by atoms with van der Waals surface area (Å²) in [6, 6.07) is 21.9. The number of aliphatic carboxylic acids is 1. The molecule has 384 valence electrons. The SMILES string of the molecule is CCOC(=O)N1c2ccccc2C=CC1OCC.C[C@@H](CCCCNC(=O)OC(C)(C)C)C(=O)Nc1ccc(CO)cc1.C[C@@H](CCCCNC(=O)OC(C)(C)C)C(=O)O.Nc1ccc(CO)cc1. The van der Waals surface area contributed by atoms with Crippen LogP contribution in [0.3, 0.4) is 0 Å². The van der Waals surface area contributed by atoms with Crippen molar-refractivity contribution in [2.45, 2.75) is 138 Å². The number of nitrogens with one attached hydrogen (secondary N) is 3. The molecule has 3 aromatic carbocycles. The number of carbonyl (C=O) groups is 5. The lowest BCUT2D eigenvalue weighted by Gasteiger charge is -2.32. The first-order valence-electron chi connectivity index (χ1n) is 23.5. The number of rotatable bonds is 18. The third kappa shape index (κ3) is 27.4. The van der Waals surface area contributed by atoms with Gasteiger partial charge in [-0.25, -0.2) is 19.3 Å². The average Bonchev–Trinajstić information content (AvgIpc) is 3.28. The quantitative estimate of drug-likeness (QED) is 0.0357. The number of alkyl carbamates (subject to hydrolysis) is 2. The van der Waals surface area contributed by atoms with Gasteiger partial charge in [0, 0.05) is 37.0 Å². The molecule has 69 heavy (non-hydrogen) atoms. The molecule has 0 saturated heterocycles. The summed E-state index contributed by atoms with van der Waals surface area (Å²) >= 11 is 0. The highest BCUT2D eigenvalue weighted by molar-refractivity contribution is 5.93. The molecule has 0 radical (unpaired) electrons. The van der Waals surface area contributed by atoms with Crippen molar-refractivity contribution in [3.8, 4) is 0 Å². The number of amides is 4. The first-order valence-corrected chi connectivity index (χ1v) is 23.5. The van der Waals surface area contributed by atoms with Crippen molar-refractivity contribution in [2.24, 2.45) is 11.8 Å². The second-order valence-electron chi connectivity index (χ2n) is 18.1. The van der Waals surface area contributed by atoms with E-state index in [0.717, 1.165) is 65.9 Å². The summed E-state index contributed by atoms with van der Waals surface area (Å²) in [5, 5.41) is 34.5. The minimum atomic E-state index is -0.773. The highest BCUT2D eigenvalue weighted by Gasteiger charge is 2.29. The van der Waals surface area contributed by atoms with Crippen LogP contribution < -0.4 is 26.6 Å². The maximum atomic E-state index is 12.1. The Morgan fingerprint density at radius 1 is 0.696 bits per heavy atom. The summed E-state index contributed by atoms with van der Waals surface area (Å²) in [6.45, 7) is 20.2. The Kier molecular flexibility index (Phi) is 28.7. The predicted octanol–water partition coefficient (Wildman–Crippen LogP) is 9.65. The van der Waals surface area contributed by atoms with Gasteiger partial charge in [-0.1, -0.05) is 75.2 Å². The number of nitrogens with zero attached hydrogens (tertiary/aromatic N) is 1. The zero-order valence-electron chi connectivity index (χ0n) is 42.3. The van der Waals surface area contributed by atoms with Gasteiger partial charge in [0.1, 0.15) is 11.2 Å². The molecule has 1 aliphatic rings. The van der Waals surface area contributed by atoms with Gasteiger partial charge in [0.25, 0.3) is 0 Å². The molecule has 0 aliphatic carbocycles. The first kappa shape index (κ1) is 60.8. The number of unbranched alkanes of at least 4 members (excludes halogenated alkanes) is 2. The van der Waals surface area contributed by atoms with Gasteiger partial charge >= 0.3 is 24.2 Å². The standard InChI is InChI=1S/C19H30N2O4.C14H17NO3.C12H23NO4.C7H9NO/c1-14(7-5-6-12-20-18(24)25-19(2,3)4)17(23)21-16-10-8-15(13-22)9-11-16;1-3-17-13-10-9-11-7-5-6-8-12(11)15(13)14(16)18-4-2;1-9(10(14)15)7-5-6-8-13-11(16)17-12(2,3)4;8-7-3-1-6(5-9)2-4-7/h8-11,14,22H,5-7,12-13H2,1-4H3,(H,20,24)(H,21,23);5-10,13H,3-4H2,1-2H3;9H,5-8H2,1-4H3,(H,13,16)(H,14,15);1-4,9H,5,8H2/t14-;;9-;/m0.0./s1. The lowest BCUT2D eigenvalue weighted by Crippen LogP contribution is -2.43. The number of nitrogens with two attached hydrogens (primary N) is 1. The van der Waals surface area contributed by atoms with Crippen molar-refractivity contribution < 1.29 is 58.2 Å². The number of fused-ring (bicyclic) bond motifs is 1. The largest absolute Gasteiger partial charge is 0.481 e. The number of para-hydroxylation sites is 1. The molecule has 1 unspecified atom stereocenters. The van der Waals surface area contributed by atoms with Crippen LogP contribution >= 0.6 is 0 Å². The number of benzene rings is 3. The van der Waals surface area contributed by atoms with Gasteiger partial charge in [-0.2, -0.15) is 0 Å². The van der Waals surface area contributed by atoms with Crippen molar-refractivity contribution in [1.82, 2.24) is 10.6 Å². The molecule has 17 nitrogen and oxygen atoms in total. The molecule has 0 aromatic heterocycles. The fraction of sp³-hybridized carbons (Fsp3) is 0.519. The molecular weight excluding hydrogens is 887 g/mol. The fourth-order valence-corrected chi connectivity index (χ4v) is 5.95. The van der Waals surface area contributed by atoms with Crippen LogP contribution in [0.1, 0.15) is 124 Å². The Hall–Kier alpha value is -6.17. The molecule has 0 fully saturated rings. The molecule has 4 amide bonds. The van der Waals surface area contributed by atoms with Crippen LogP contribution in [0.15, 0.2) is 78.9 Å². The van der Waals surface area contributed by atoms with E-state index in [0.29, 0.717) is 32.7 Å². The zero-order valence-corrected chi connectivity index (χ0v) is 42.3. The van der Waals surface area contributed by atoms with E-state index in [1.165, 1.54) is 0 Å². The Morgan fingerprint density at radius 2 is 1.19 bits per heavy atom. The summed E-state index contributed by atoms with van der Waals surface area (Å²) in [6.07, 6.45) is 6.76.